The number of hydrogen-bond acceptors (Lipinski definition) is 9. The lowest BCUT2D eigenvalue weighted by Crippen LogP contribution is -2.16. The molecule has 0 saturated heterocycles. The number of hydrogen-bond donors (Lipinski definition) is 2. The molecule has 1 aromatic carbocycles. The second-order valence-electron chi connectivity index (χ2n) is 5.60. The maximum absolute atomic E-state index is 13.2. The quantitative estimate of drug-likeness (QED) is 0.403. The number of carbonyl (C=O) groups is 1. The van der Waals surface area contributed by atoms with Crippen LogP contribution in [-0.4, -0.2) is 36.0 Å². The largest absolute Gasteiger partial charge is 0.302 e. The second-order valence-corrected chi connectivity index (χ2v) is 9.34. The van der Waals surface area contributed by atoms with Crippen LogP contribution in [0.15, 0.2) is 63.1 Å². The third-order valence-corrected chi connectivity index (χ3v) is 6.33. The van der Waals surface area contributed by atoms with Crippen molar-refractivity contribution < 1.29 is 9.18 Å². The molecule has 0 aliphatic rings. The fourth-order valence-electron chi connectivity index (χ4n) is 2.23. The molecule has 0 aliphatic heterocycles. The van der Waals surface area contributed by atoms with Gasteiger partial charge in [0, 0.05) is 4.90 Å². The van der Waals surface area contributed by atoms with E-state index in [0.29, 0.717) is 30.4 Å². The predicted octanol–water partition coefficient (Wildman–Crippen LogP) is 4.33. The van der Waals surface area contributed by atoms with Crippen LogP contribution in [0.5, 0.6) is 0 Å². The molecule has 8 nitrogen and oxygen atoms in total. The number of thiazole rings is 1. The maximum Gasteiger partial charge on any atom is 0.232 e. The summed E-state index contributed by atoms with van der Waals surface area (Å²) in [6, 6.07) is 6.01. The van der Waals surface area contributed by atoms with Crippen LogP contribution in [0.4, 0.5) is 9.52 Å². The normalized spacial score (nSPS) is 10.9. The van der Waals surface area contributed by atoms with E-state index in [-0.39, 0.29) is 18.1 Å². The summed E-state index contributed by atoms with van der Waals surface area (Å²) in [5.41, 5.74) is 0.467. The number of rotatable bonds is 7. The first kappa shape index (κ1) is 20.7. The Labute approximate surface area is 187 Å². The second kappa shape index (κ2) is 9.51. The molecule has 0 atom stereocenters. The molecular formula is C17H11ClFN7OS3. The summed E-state index contributed by atoms with van der Waals surface area (Å²) >= 11 is 9.55. The van der Waals surface area contributed by atoms with Crippen molar-refractivity contribution in [2.75, 3.05) is 5.32 Å². The van der Waals surface area contributed by atoms with E-state index in [0.717, 1.165) is 16.2 Å². The number of halogens is 2. The molecule has 3 aromatic heterocycles. The van der Waals surface area contributed by atoms with Gasteiger partial charge in [0.2, 0.25) is 5.91 Å². The number of carbonyl (C=O) groups excluding carboxylic acids is 1. The molecule has 0 saturated carbocycles. The van der Waals surface area contributed by atoms with Crippen LogP contribution in [0.2, 0.25) is 4.34 Å². The first-order chi connectivity index (χ1) is 14.5. The number of amides is 1. The molecule has 0 fully saturated rings. The van der Waals surface area contributed by atoms with Crippen molar-refractivity contribution in [1.29, 1.82) is 0 Å². The van der Waals surface area contributed by atoms with Gasteiger partial charge in [0.1, 0.15) is 26.5 Å². The Morgan fingerprint density at radius 3 is 2.70 bits per heavy atom. The molecule has 0 radical (unpaired) electrons. The average Bonchev–Trinajstić information content (AvgIpc) is 3.37. The summed E-state index contributed by atoms with van der Waals surface area (Å²) in [7, 11) is 0. The van der Waals surface area contributed by atoms with Gasteiger partial charge in [0.25, 0.3) is 0 Å². The molecule has 2 N–H and O–H groups in total. The molecule has 152 valence electrons. The van der Waals surface area contributed by atoms with Gasteiger partial charge < -0.3 is 5.32 Å². The van der Waals surface area contributed by atoms with Crippen molar-refractivity contribution in [3.8, 4) is 0 Å². The molecule has 0 unspecified atom stereocenters. The molecule has 3 heterocycles. The number of nitrogens with one attached hydrogen (secondary N) is 2. The van der Waals surface area contributed by atoms with Crippen LogP contribution < -0.4 is 5.32 Å². The maximum atomic E-state index is 13.2. The zero-order chi connectivity index (χ0) is 20.9. The van der Waals surface area contributed by atoms with Crippen LogP contribution in [0.25, 0.3) is 0 Å². The summed E-state index contributed by atoms with van der Waals surface area (Å²) in [5.74, 6) is -0.635. The van der Waals surface area contributed by atoms with Crippen LogP contribution in [0.1, 0.15) is 5.69 Å². The smallest absolute Gasteiger partial charge is 0.232 e. The van der Waals surface area contributed by atoms with Crippen molar-refractivity contribution >= 4 is 57.5 Å². The summed E-state index contributed by atoms with van der Waals surface area (Å²) in [6.07, 6.45) is 4.41. The van der Waals surface area contributed by atoms with Crippen LogP contribution in [0, 0.1) is 5.82 Å². The number of nitrogens with zero attached hydrogens (tertiary/aromatic N) is 5. The van der Waals surface area contributed by atoms with Gasteiger partial charge >= 0.3 is 0 Å². The van der Waals surface area contributed by atoms with Crippen LogP contribution >= 0.6 is 46.5 Å². The zero-order valence-electron chi connectivity index (χ0n) is 14.9. The molecule has 0 bridgehead atoms. The van der Waals surface area contributed by atoms with E-state index < -0.39 is 0 Å². The van der Waals surface area contributed by atoms with Gasteiger partial charge in [0.15, 0.2) is 10.3 Å². The van der Waals surface area contributed by atoms with Gasteiger partial charge in [-0.05, 0) is 36.0 Å². The van der Waals surface area contributed by atoms with E-state index in [2.05, 4.69) is 35.5 Å². The number of aromatic nitrogens is 6. The Hall–Kier alpha value is -2.54. The van der Waals surface area contributed by atoms with Crippen LogP contribution in [-0.2, 0) is 11.2 Å². The van der Waals surface area contributed by atoms with Crippen molar-refractivity contribution in [2.24, 2.45) is 0 Å². The number of benzene rings is 1. The van der Waals surface area contributed by atoms with E-state index in [4.69, 9.17) is 11.6 Å². The van der Waals surface area contributed by atoms with E-state index in [1.807, 2.05) is 0 Å². The summed E-state index contributed by atoms with van der Waals surface area (Å²) < 4.78 is 13.7. The Morgan fingerprint density at radius 1 is 1.17 bits per heavy atom. The van der Waals surface area contributed by atoms with Crippen LogP contribution in [0.3, 0.4) is 0 Å². The number of aromatic amines is 1. The lowest BCUT2D eigenvalue weighted by molar-refractivity contribution is -0.115. The topological polar surface area (TPSA) is 109 Å². The van der Waals surface area contributed by atoms with Gasteiger partial charge in [-0.25, -0.2) is 24.3 Å². The van der Waals surface area contributed by atoms with Crippen molar-refractivity contribution in [2.45, 2.75) is 26.5 Å². The lowest BCUT2D eigenvalue weighted by Gasteiger charge is -2.09. The standard InChI is InChI=1S/C17H11ClFN7OS3/c18-12-6-21-16(29-12)25-13(27)5-11-15(28-10-3-1-9(19)2-4-10)20-7-14(24-11)30-17-22-8-23-26-17/h1-4,6-8H,5H2,(H,21,25,27)(H,22,23,26). The van der Waals surface area contributed by atoms with Gasteiger partial charge in [0.05, 0.1) is 24.5 Å². The zero-order valence-corrected chi connectivity index (χ0v) is 18.1. The fourth-order valence-corrected chi connectivity index (χ4v) is 4.55. The minimum atomic E-state index is -0.328. The predicted molar refractivity (Wildman–Crippen MR) is 113 cm³/mol. The molecular weight excluding hydrogens is 469 g/mol. The SMILES string of the molecule is O=C(Cc1nc(Sc2ncn[nH]2)cnc1Sc1ccc(F)cc1)Nc1ncc(Cl)s1. The minimum Gasteiger partial charge on any atom is -0.302 e. The fraction of sp³-hybridized carbons (Fsp3) is 0.0588. The molecule has 0 aliphatic carbocycles. The third-order valence-electron chi connectivity index (χ3n) is 3.46. The third kappa shape index (κ3) is 5.53. The molecule has 0 spiro atoms. The Morgan fingerprint density at radius 2 is 2.00 bits per heavy atom. The first-order valence-electron chi connectivity index (χ1n) is 8.29. The molecule has 1 amide bonds. The summed E-state index contributed by atoms with van der Waals surface area (Å²) in [6.45, 7) is 0. The Kier molecular flexibility index (Phi) is 6.57. The highest BCUT2D eigenvalue weighted by Crippen LogP contribution is 2.31. The van der Waals surface area contributed by atoms with E-state index >= 15 is 0 Å². The molecule has 4 aromatic rings. The first-order valence-corrected chi connectivity index (χ1v) is 11.1. The summed E-state index contributed by atoms with van der Waals surface area (Å²) in [4.78, 5) is 30.4. The Balaban J connectivity index is 1.57. The summed E-state index contributed by atoms with van der Waals surface area (Å²) in [5, 5.41) is 11.3. The monoisotopic (exact) mass is 479 g/mol. The van der Waals surface area contributed by atoms with Gasteiger partial charge in [-0.1, -0.05) is 34.7 Å². The van der Waals surface area contributed by atoms with E-state index in [9.17, 15) is 9.18 Å². The van der Waals surface area contributed by atoms with E-state index in [1.165, 1.54) is 48.2 Å². The van der Waals surface area contributed by atoms with Gasteiger partial charge in [-0.2, -0.15) is 5.10 Å². The molecule has 30 heavy (non-hydrogen) atoms. The minimum absolute atomic E-state index is 0.0292. The van der Waals surface area contributed by atoms with Gasteiger partial charge in [-0.3, -0.25) is 9.89 Å². The van der Waals surface area contributed by atoms with Gasteiger partial charge in [-0.15, -0.1) is 0 Å². The Bertz CT molecular complexity index is 1150. The highest BCUT2D eigenvalue weighted by molar-refractivity contribution is 7.99. The number of anilines is 1. The molecule has 4 rings (SSSR count). The molecule has 13 heteroatoms. The highest BCUT2D eigenvalue weighted by atomic mass is 35.5. The average molecular weight is 480 g/mol. The van der Waals surface area contributed by atoms with Crippen molar-refractivity contribution in [3.63, 3.8) is 0 Å². The van der Waals surface area contributed by atoms with Crippen molar-refractivity contribution in [3.05, 3.63) is 58.8 Å². The highest BCUT2D eigenvalue weighted by Gasteiger charge is 2.16. The lowest BCUT2D eigenvalue weighted by atomic mass is 10.3. The van der Waals surface area contributed by atoms with E-state index in [1.54, 1.807) is 18.3 Å². The number of H-pyrrole nitrogens is 1. The van der Waals surface area contributed by atoms with Crippen molar-refractivity contribution in [1.82, 2.24) is 30.1 Å².